The molecule has 1 heterocycles. The van der Waals surface area contributed by atoms with E-state index in [9.17, 15) is 9.18 Å². The van der Waals surface area contributed by atoms with Gasteiger partial charge < -0.3 is 20.3 Å². The van der Waals surface area contributed by atoms with E-state index in [4.69, 9.17) is 20.3 Å². The first-order valence-electron chi connectivity index (χ1n) is 4.17. The number of ether oxygens (including phenoxy) is 2. The molecule has 0 amide bonds. The van der Waals surface area contributed by atoms with E-state index in [1.807, 2.05) is 0 Å². The van der Waals surface area contributed by atoms with Crippen LogP contribution in [0.3, 0.4) is 0 Å². The van der Waals surface area contributed by atoms with Gasteiger partial charge in [0.15, 0.2) is 11.6 Å². The molecule has 6 heteroatoms. The molecule has 1 aliphatic rings. The highest BCUT2D eigenvalue weighted by molar-refractivity contribution is 5.75. The molecule has 5 nitrogen and oxygen atoms in total. The minimum atomic E-state index is -1.40. The van der Waals surface area contributed by atoms with Crippen molar-refractivity contribution in [1.29, 1.82) is 0 Å². The fourth-order valence-electron chi connectivity index (χ4n) is 1.33. The van der Waals surface area contributed by atoms with Gasteiger partial charge in [0, 0.05) is 5.56 Å². The molecule has 1 aromatic carbocycles. The molecule has 0 aromatic heterocycles. The third kappa shape index (κ3) is 1.48. The minimum Gasteiger partial charge on any atom is -0.480 e. The van der Waals surface area contributed by atoms with Gasteiger partial charge in [-0.2, -0.15) is 0 Å². The van der Waals surface area contributed by atoms with Crippen molar-refractivity contribution in [1.82, 2.24) is 0 Å². The summed E-state index contributed by atoms with van der Waals surface area (Å²) in [5.41, 5.74) is 5.18. The van der Waals surface area contributed by atoms with Crippen LogP contribution in [0.2, 0.25) is 0 Å². The fourth-order valence-corrected chi connectivity index (χ4v) is 1.33. The van der Waals surface area contributed by atoms with E-state index in [0.29, 0.717) is 0 Å². The Labute approximate surface area is 84.2 Å². The van der Waals surface area contributed by atoms with Crippen LogP contribution in [0.25, 0.3) is 0 Å². The Bertz CT molecular complexity index is 421. The van der Waals surface area contributed by atoms with Crippen molar-refractivity contribution in [3.8, 4) is 11.5 Å². The van der Waals surface area contributed by atoms with E-state index < -0.39 is 17.8 Å². The number of halogens is 1. The molecule has 0 fully saturated rings. The van der Waals surface area contributed by atoms with Crippen LogP contribution in [0.5, 0.6) is 11.5 Å². The van der Waals surface area contributed by atoms with Crippen molar-refractivity contribution in [3.63, 3.8) is 0 Å². The average molecular weight is 213 g/mol. The van der Waals surface area contributed by atoms with E-state index >= 15 is 0 Å². The maximum absolute atomic E-state index is 13.6. The quantitative estimate of drug-likeness (QED) is 0.753. The predicted molar refractivity (Wildman–Crippen MR) is 47.1 cm³/mol. The number of rotatable bonds is 2. The van der Waals surface area contributed by atoms with Gasteiger partial charge in [0.25, 0.3) is 0 Å². The Morgan fingerprint density at radius 3 is 2.93 bits per heavy atom. The van der Waals surface area contributed by atoms with E-state index in [-0.39, 0.29) is 23.9 Å². The van der Waals surface area contributed by atoms with Crippen LogP contribution < -0.4 is 15.2 Å². The summed E-state index contributed by atoms with van der Waals surface area (Å²) in [6.45, 7) is -0.0714. The topological polar surface area (TPSA) is 81.8 Å². The second-order valence-electron chi connectivity index (χ2n) is 3.02. The highest BCUT2D eigenvalue weighted by atomic mass is 19.1. The Balaban J connectivity index is 2.46. The third-order valence-electron chi connectivity index (χ3n) is 2.11. The summed E-state index contributed by atoms with van der Waals surface area (Å²) in [5, 5.41) is 8.64. The van der Waals surface area contributed by atoms with Crippen LogP contribution in [-0.2, 0) is 4.79 Å². The molecule has 0 saturated heterocycles. The van der Waals surface area contributed by atoms with E-state index in [2.05, 4.69) is 0 Å². The van der Waals surface area contributed by atoms with Crippen molar-refractivity contribution in [2.24, 2.45) is 5.73 Å². The molecular weight excluding hydrogens is 205 g/mol. The molecule has 1 aliphatic heterocycles. The summed E-state index contributed by atoms with van der Waals surface area (Å²) < 4.78 is 23.4. The van der Waals surface area contributed by atoms with Crippen molar-refractivity contribution in [2.75, 3.05) is 6.79 Å². The minimum absolute atomic E-state index is 0.0714. The predicted octanol–water partition coefficient (Wildman–Crippen LogP) is 0.639. The molecule has 0 spiro atoms. The van der Waals surface area contributed by atoms with Gasteiger partial charge in [0.1, 0.15) is 6.04 Å². The SMILES string of the molecule is NC(C(=O)O)c1ccc2c(c1F)OCO2. The molecular formula is C9H8FNO4. The first kappa shape index (κ1) is 9.72. The van der Waals surface area contributed by atoms with Crippen LogP contribution in [0, 0.1) is 5.82 Å². The van der Waals surface area contributed by atoms with Gasteiger partial charge in [-0.25, -0.2) is 4.39 Å². The molecule has 80 valence electrons. The number of fused-ring (bicyclic) bond motifs is 1. The number of benzene rings is 1. The summed E-state index contributed by atoms with van der Waals surface area (Å²) in [7, 11) is 0. The molecule has 0 saturated carbocycles. The number of aliphatic carboxylic acids is 1. The summed E-state index contributed by atoms with van der Waals surface area (Å²) >= 11 is 0. The number of hydrogen-bond donors (Lipinski definition) is 2. The van der Waals surface area contributed by atoms with Gasteiger partial charge in [-0.05, 0) is 12.1 Å². The van der Waals surface area contributed by atoms with E-state index in [0.717, 1.165) is 0 Å². The van der Waals surface area contributed by atoms with Crippen molar-refractivity contribution in [3.05, 3.63) is 23.5 Å². The van der Waals surface area contributed by atoms with Gasteiger partial charge >= 0.3 is 5.97 Å². The monoisotopic (exact) mass is 213 g/mol. The Kier molecular flexibility index (Phi) is 2.20. The lowest BCUT2D eigenvalue weighted by atomic mass is 10.1. The largest absolute Gasteiger partial charge is 0.480 e. The molecule has 3 N–H and O–H groups in total. The van der Waals surface area contributed by atoms with Crippen LogP contribution in [0.15, 0.2) is 12.1 Å². The molecule has 1 atom stereocenters. The maximum atomic E-state index is 13.6. The summed E-state index contributed by atoms with van der Waals surface area (Å²) in [6, 6.07) is 1.31. The van der Waals surface area contributed by atoms with Crippen LogP contribution in [0.4, 0.5) is 4.39 Å². The van der Waals surface area contributed by atoms with Gasteiger partial charge in [0.05, 0.1) is 0 Å². The first-order chi connectivity index (χ1) is 7.11. The molecule has 0 aliphatic carbocycles. The van der Waals surface area contributed by atoms with Gasteiger partial charge in [-0.1, -0.05) is 0 Å². The van der Waals surface area contributed by atoms with E-state index in [1.54, 1.807) is 0 Å². The summed E-state index contributed by atoms with van der Waals surface area (Å²) in [5.74, 6) is -1.90. The normalized spacial score (nSPS) is 15.1. The number of hydrogen-bond acceptors (Lipinski definition) is 4. The molecule has 15 heavy (non-hydrogen) atoms. The second kappa shape index (κ2) is 3.39. The lowest BCUT2D eigenvalue weighted by Crippen LogP contribution is -2.21. The standard InChI is InChI=1S/C9H8FNO4/c10-6-4(7(11)9(12)13)1-2-5-8(6)15-3-14-5/h1-2,7H,3,11H2,(H,12,13). The second-order valence-corrected chi connectivity index (χ2v) is 3.02. The molecule has 1 aromatic rings. The number of nitrogens with two attached hydrogens (primary N) is 1. The molecule has 2 rings (SSSR count). The highest BCUT2D eigenvalue weighted by Crippen LogP contribution is 2.37. The number of carboxylic acid groups (broad SMARTS) is 1. The molecule has 0 radical (unpaired) electrons. The summed E-state index contributed by atoms with van der Waals surface area (Å²) in [4.78, 5) is 10.6. The van der Waals surface area contributed by atoms with Crippen molar-refractivity contribution >= 4 is 5.97 Å². The van der Waals surface area contributed by atoms with Crippen LogP contribution in [0.1, 0.15) is 11.6 Å². The average Bonchev–Trinajstić information content (AvgIpc) is 2.66. The fraction of sp³-hybridized carbons (Fsp3) is 0.222. The zero-order chi connectivity index (χ0) is 11.0. The lowest BCUT2D eigenvalue weighted by molar-refractivity contribution is -0.138. The van der Waals surface area contributed by atoms with Gasteiger partial charge in [-0.15, -0.1) is 0 Å². The Morgan fingerprint density at radius 1 is 1.53 bits per heavy atom. The zero-order valence-electron chi connectivity index (χ0n) is 7.57. The maximum Gasteiger partial charge on any atom is 0.325 e. The Morgan fingerprint density at radius 2 is 2.27 bits per heavy atom. The molecule has 1 unspecified atom stereocenters. The lowest BCUT2D eigenvalue weighted by Gasteiger charge is -2.09. The van der Waals surface area contributed by atoms with E-state index in [1.165, 1.54) is 12.1 Å². The Hall–Kier alpha value is -1.82. The zero-order valence-corrected chi connectivity index (χ0v) is 7.57. The van der Waals surface area contributed by atoms with Gasteiger partial charge in [-0.3, -0.25) is 4.79 Å². The van der Waals surface area contributed by atoms with Crippen LogP contribution in [-0.4, -0.2) is 17.9 Å². The first-order valence-corrected chi connectivity index (χ1v) is 4.17. The molecule has 0 bridgehead atoms. The van der Waals surface area contributed by atoms with Gasteiger partial charge in [0.2, 0.25) is 12.5 Å². The number of carboxylic acids is 1. The van der Waals surface area contributed by atoms with Crippen molar-refractivity contribution in [2.45, 2.75) is 6.04 Å². The van der Waals surface area contributed by atoms with Crippen molar-refractivity contribution < 1.29 is 23.8 Å². The summed E-state index contributed by atoms with van der Waals surface area (Å²) in [6.07, 6.45) is 0. The smallest absolute Gasteiger partial charge is 0.325 e. The third-order valence-corrected chi connectivity index (χ3v) is 2.11. The highest BCUT2D eigenvalue weighted by Gasteiger charge is 2.26. The number of carbonyl (C=O) groups is 1. The van der Waals surface area contributed by atoms with Crippen LogP contribution >= 0.6 is 0 Å².